The Bertz CT molecular complexity index is 457. The SMILES string of the molecule is C[C@H](O)c1ccc(C#N)cc1N1CCC(O)CC1. The number of aliphatic hydroxyl groups is 2. The first-order chi connectivity index (χ1) is 8.61. The van der Waals surface area contributed by atoms with E-state index in [1.807, 2.05) is 12.1 Å². The lowest BCUT2D eigenvalue weighted by atomic mass is 10.0. The van der Waals surface area contributed by atoms with Gasteiger partial charge in [-0.2, -0.15) is 5.26 Å². The van der Waals surface area contributed by atoms with E-state index in [0.717, 1.165) is 37.2 Å². The molecule has 2 N–H and O–H groups in total. The summed E-state index contributed by atoms with van der Waals surface area (Å²) in [6.07, 6.45) is 0.682. The summed E-state index contributed by atoms with van der Waals surface area (Å²) in [5.41, 5.74) is 2.35. The van der Waals surface area contributed by atoms with Crippen LogP contribution in [0.25, 0.3) is 0 Å². The lowest BCUT2D eigenvalue weighted by Gasteiger charge is -2.33. The zero-order valence-corrected chi connectivity index (χ0v) is 10.5. The summed E-state index contributed by atoms with van der Waals surface area (Å²) in [6, 6.07) is 7.48. The number of hydrogen-bond acceptors (Lipinski definition) is 4. The number of nitrogens with zero attached hydrogens (tertiary/aromatic N) is 2. The van der Waals surface area contributed by atoms with E-state index in [1.54, 1.807) is 13.0 Å². The van der Waals surface area contributed by atoms with Crippen molar-refractivity contribution in [3.8, 4) is 6.07 Å². The number of piperidine rings is 1. The highest BCUT2D eigenvalue weighted by molar-refractivity contribution is 5.58. The van der Waals surface area contributed by atoms with E-state index in [0.29, 0.717) is 5.56 Å². The molecule has 1 aliphatic rings. The van der Waals surface area contributed by atoms with Crippen LogP contribution >= 0.6 is 0 Å². The van der Waals surface area contributed by atoms with Gasteiger partial charge in [0.05, 0.1) is 23.8 Å². The van der Waals surface area contributed by atoms with Crippen LogP contribution in [-0.2, 0) is 0 Å². The van der Waals surface area contributed by atoms with E-state index in [1.165, 1.54) is 0 Å². The van der Waals surface area contributed by atoms with Crippen LogP contribution < -0.4 is 4.90 Å². The van der Waals surface area contributed by atoms with Crippen molar-refractivity contribution in [2.45, 2.75) is 32.0 Å². The van der Waals surface area contributed by atoms with Gasteiger partial charge < -0.3 is 15.1 Å². The Morgan fingerprint density at radius 1 is 1.39 bits per heavy atom. The third-order valence-corrected chi connectivity index (χ3v) is 3.41. The minimum absolute atomic E-state index is 0.226. The van der Waals surface area contributed by atoms with Crippen molar-refractivity contribution in [3.05, 3.63) is 29.3 Å². The predicted molar refractivity (Wildman–Crippen MR) is 69.2 cm³/mol. The summed E-state index contributed by atoms with van der Waals surface area (Å²) < 4.78 is 0. The van der Waals surface area contributed by atoms with E-state index < -0.39 is 6.10 Å². The highest BCUT2D eigenvalue weighted by Gasteiger charge is 2.21. The van der Waals surface area contributed by atoms with Crippen LogP contribution in [0.3, 0.4) is 0 Å². The zero-order valence-electron chi connectivity index (χ0n) is 10.5. The normalized spacial score (nSPS) is 18.4. The maximum atomic E-state index is 9.79. The van der Waals surface area contributed by atoms with Gasteiger partial charge in [0.25, 0.3) is 0 Å². The molecular weight excluding hydrogens is 228 g/mol. The van der Waals surface area contributed by atoms with Gasteiger partial charge in [-0.3, -0.25) is 0 Å². The summed E-state index contributed by atoms with van der Waals surface area (Å²) in [4.78, 5) is 2.13. The van der Waals surface area contributed by atoms with Crippen molar-refractivity contribution in [1.29, 1.82) is 5.26 Å². The van der Waals surface area contributed by atoms with E-state index in [2.05, 4.69) is 11.0 Å². The molecule has 1 atom stereocenters. The number of anilines is 1. The van der Waals surface area contributed by atoms with E-state index in [9.17, 15) is 10.2 Å². The zero-order chi connectivity index (χ0) is 13.1. The van der Waals surface area contributed by atoms with Crippen molar-refractivity contribution < 1.29 is 10.2 Å². The second-order valence-electron chi connectivity index (χ2n) is 4.78. The number of rotatable bonds is 2. The van der Waals surface area contributed by atoms with Crippen molar-refractivity contribution in [2.75, 3.05) is 18.0 Å². The first kappa shape index (κ1) is 12.9. The number of hydrogen-bond donors (Lipinski definition) is 2. The quantitative estimate of drug-likeness (QED) is 0.831. The molecule has 0 bridgehead atoms. The van der Waals surface area contributed by atoms with Gasteiger partial charge in [0.15, 0.2) is 0 Å². The summed E-state index contributed by atoms with van der Waals surface area (Å²) >= 11 is 0. The molecular formula is C14H18N2O2. The molecule has 4 nitrogen and oxygen atoms in total. The van der Waals surface area contributed by atoms with Crippen LogP contribution in [-0.4, -0.2) is 29.4 Å². The van der Waals surface area contributed by atoms with Crippen molar-refractivity contribution >= 4 is 5.69 Å². The van der Waals surface area contributed by atoms with Gasteiger partial charge in [0.2, 0.25) is 0 Å². The van der Waals surface area contributed by atoms with Crippen LogP contribution in [0.5, 0.6) is 0 Å². The Labute approximate surface area is 107 Å². The Hall–Kier alpha value is -1.57. The minimum Gasteiger partial charge on any atom is -0.393 e. The van der Waals surface area contributed by atoms with E-state index >= 15 is 0 Å². The summed E-state index contributed by atoms with van der Waals surface area (Å²) in [6.45, 7) is 3.25. The number of aliphatic hydroxyl groups excluding tert-OH is 2. The van der Waals surface area contributed by atoms with Gasteiger partial charge in [-0.05, 0) is 31.9 Å². The molecule has 18 heavy (non-hydrogen) atoms. The molecule has 4 heteroatoms. The average molecular weight is 246 g/mol. The molecule has 1 aromatic rings. The molecule has 0 aliphatic carbocycles. The fourth-order valence-corrected chi connectivity index (χ4v) is 2.35. The molecule has 0 unspecified atom stereocenters. The van der Waals surface area contributed by atoms with Crippen LogP contribution in [0.4, 0.5) is 5.69 Å². The molecule has 0 saturated carbocycles. The van der Waals surface area contributed by atoms with Gasteiger partial charge in [-0.25, -0.2) is 0 Å². The van der Waals surface area contributed by atoms with Gasteiger partial charge in [-0.1, -0.05) is 6.07 Å². The fourth-order valence-electron chi connectivity index (χ4n) is 2.35. The third-order valence-electron chi connectivity index (χ3n) is 3.41. The molecule has 2 rings (SSSR count). The summed E-state index contributed by atoms with van der Waals surface area (Å²) in [5, 5.41) is 28.3. The molecule has 0 radical (unpaired) electrons. The highest BCUT2D eigenvalue weighted by Crippen LogP contribution is 2.29. The molecule has 0 amide bonds. The van der Waals surface area contributed by atoms with Crippen LogP contribution in [0.2, 0.25) is 0 Å². The number of nitriles is 1. The van der Waals surface area contributed by atoms with Gasteiger partial charge >= 0.3 is 0 Å². The molecule has 96 valence electrons. The highest BCUT2D eigenvalue weighted by atomic mass is 16.3. The fraction of sp³-hybridized carbons (Fsp3) is 0.500. The minimum atomic E-state index is -0.556. The van der Waals surface area contributed by atoms with Gasteiger partial charge in [-0.15, -0.1) is 0 Å². The van der Waals surface area contributed by atoms with Crippen LogP contribution in [0.15, 0.2) is 18.2 Å². The van der Waals surface area contributed by atoms with Crippen molar-refractivity contribution in [2.24, 2.45) is 0 Å². The first-order valence-electron chi connectivity index (χ1n) is 6.27. The lowest BCUT2D eigenvalue weighted by molar-refractivity contribution is 0.145. The Morgan fingerprint density at radius 3 is 2.61 bits per heavy atom. The molecule has 1 fully saturated rings. The van der Waals surface area contributed by atoms with Crippen LogP contribution in [0.1, 0.15) is 37.0 Å². The molecule has 1 aromatic carbocycles. The van der Waals surface area contributed by atoms with E-state index in [4.69, 9.17) is 5.26 Å². The monoisotopic (exact) mass is 246 g/mol. The van der Waals surface area contributed by atoms with Crippen LogP contribution in [0, 0.1) is 11.3 Å². The third kappa shape index (κ3) is 2.63. The number of benzene rings is 1. The first-order valence-corrected chi connectivity index (χ1v) is 6.27. The van der Waals surface area contributed by atoms with Crippen molar-refractivity contribution in [3.63, 3.8) is 0 Å². The maximum Gasteiger partial charge on any atom is 0.0992 e. The van der Waals surface area contributed by atoms with Crippen molar-refractivity contribution in [1.82, 2.24) is 0 Å². The van der Waals surface area contributed by atoms with E-state index in [-0.39, 0.29) is 6.10 Å². The average Bonchev–Trinajstić information content (AvgIpc) is 2.38. The standard InChI is InChI=1S/C14H18N2O2/c1-10(17)13-3-2-11(9-15)8-14(13)16-6-4-12(18)5-7-16/h2-3,8,10,12,17-18H,4-7H2,1H3/t10-/m0/s1. The maximum absolute atomic E-state index is 9.79. The summed E-state index contributed by atoms with van der Waals surface area (Å²) in [5.74, 6) is 0. The summed E-state index contributed by atoms with van der Waals surface area (Å²) in [7, 11) is 0. The topological polar surface area (TPSA) is 67.5 Å². The van der Waals surface area contributed by atoms with Gasteiger partial charge in [0, 0.05) is 24.3 Å². The Kier molecular flexibility index (Phi) is 3.85. The molecule has 1 aliphatic heterocycles. The second-order valence-corrected chi connectivity index (χ2v) is 4.78. The molecule has 1 heterocycles. The Morgan fingerprint density at radius 2 is 2.06 bits per heavy atom. The smallest absolute Gasteiger partial charge is 0.0992 e. The largest absolute Gasteiger partial charge is 0.393 e. The molecule has 1 saturated heterocycles. The lowest BCUT2D eigenvalue weighted by Crippen LogP contribution is -2.36. The Balaban J connectivity index is 2.32. The molecule has 0 spiro atoms. The van der Waals surface area contributed by atoms with Gasteiger partial charge in [0.1, 0.15) is 0 Å². The second kappa shape index (κ2) is 5.38. The molecule has 0 aromatic heterocycles. The predicted octanol–water partition coefficient (Wildman–Crippen LogP) is 1.57.